The lowest BCUT2D eigenvalue weighted by atomic mass is 9.79. The van der Waals surface area contributed by atoms with Gasteiger partial charge >= 0.3 is 6.89 Å². The van der Waals surface area contributed by atoms with E-state index in [1.54, 1.807) is 0 Å². The van der Waals surface area contributed by atoms with Gasteiger partial charge in [0.15, 0.2) is 0 Å². The predicted octanol–water partition coefficient (Wildman–Crippen LogP) is 2.91. The first-order valence-corrected chi connectivity index (χ1v) is 8.84. The standard InChI is InChI=1S/C19H21BNO3/c1-3-8-16(9-4-1)19(17-10-5-2-6-11-17)18-12-7-13-21(18)20(24-19)22-14-15-23-20/h1-6,8-11,18H,7,12-15H2/q-1/t18-/m0/s1. The average molecular weight is 322 g/mol. The molecular weight excluding hydrogens is 301 g/mol. The van der Waals surface area contributed by atoms with Crippen LogP contribution in [0.25, 0.3) is 0 Å². The minimum Gasteiger partial charge on any atom is -0.528 e. The van der Waals surface area contributed by atoms with Gasteiger partial charge < -0.3 is 18.8 Å². The van der Waals surface area contributed by atoms with Crippen LogP contribution in [-0.2, 0) is 19.6 Å². The summed E-state index contributed by atoms with van der Waals surface area (Å²) in [4.78, 5) is 2.34. The van der Waals surface area contributed by atoms with Crippen molar-refractivity contribution >= 4 is 6.89 Å². The second-order valence-electron chi connectivity index (χ2n) is 6.83. The highest BCUT2D eigenvalue weighted by Gasteiger charge is 2.62. The molecule has 24 heavy (non-hydrogen) atoms. The minimum absolute atomic E-state index is 0.236. The molecule has 1 atom stereocenters. The molecule has 2 aromatic rings. The molecule has 0 unspecified atom stereocenters. The van der Waals surface area contributed by atoms with Crippen molar-refractivity contribution in [1.29, 1.82) is 0 Å². The molecule has 0 bridgehead atoms. The van der Waals surface area contributed by atoms with Gasteiger partial charge in [0, 0.05) is 19.3 Å². The second-order valence-corrected chi connectivity index (χ2v) is 6.83. The lowest BCUT2D eigenvalue weighted by Crippen LogP contribution is -2.53. The first-order valence-electron chi connectivity index (χ1n) is 8.84. The molecule has 0 saturated carbocycles. The Balaban J connectivity index is 1.73. The van der Waals surface area contributed by atoms with Gasteiger partial charge in [-0.25, -0.2) is 0 Å². The van der Waals surface area contributed by atoms with Crippen LogP contribution in [0.15, 0.2) is 60.7 Å². The fourth-order valence-corrected chi connectivity index (χ4v) is 4.75. The normalized spacial score (nSPS) is 27.6. The number of rotatable bonds is 2. The quantitative estimate of drug-likeness (QED) is 0.796. The highest BCUT2D eigenvalue weighted by atomic mass is 16.8. The van der Waals surface area contributed by atoms with E-state index in [0.29, 0.717) is 13.2 Å². The van der Waals surface area contributed by atoms with Crippen LogP contribution in [-0.4, -0.2) is 37.5 Å². The van der Waals surface area contributed by atoms with Crippen LogP contribution < -0.4 is 0 Å². The molecule has 3 aliphatic heterocycles. The van der Waals surface area contributed by atoms with Gasteiger partial charge in [-0.3, -0.25) is 0 Å². The Morgan fingerprint density at radius 2 is 1.46 bits per heavy atom. The molecule has 0 amide bonds. The van der Waals surface area contributed by atoms with E-state index in [-0.39, 0.29) is 6.04 Å². The van der Waals surface area contributed by atoms with Crippen LogP contribution in [0, 0.1) is 0 Å². The summed E-state index contributed by atoms with van der Waals surface area (Å²) >= 11 is 0. The summed E-state index contributed by atoms with van der Waals surface area (Å²) in [6, 6.07) is 21.3. The summed E-state index contributed by atoms with van der Waals surface area (Å²) in [5.74, 6) is 0. The van der Waals surface area contributed by atoms with Crippen LogP contribution in [0.2, 0.25) is 0 Å². The monoisotopic (exact) mass is 322 g/mol. The van der Waals surface area contributed by atoms with Crippen molar-refractivity contribution in [3.63, 3.8) is 0 Å². The van der Waals surface area contributed by atoms with Crippen molar-refractivity contribution < 1.29 is 14.0 Å². The molecule has 3 saturated heterocycles. The Morgan fingerprint density at radius 1 is 0.875 bits per heavy atom. The molecular formula is C19H21BNO3-. The number of hydrogen-bond donors (Lipinski definition) is 0. The summed E-state index contributed by atoms with van der Waals surface area (Å²) < 4.78 is 18.9. The average Bonchev–Trinajstić information content (AvgIpc) is 3.36. The molecule has 124 valence electrons. The van der Waals surface area contributed by atoms with Gasteiger partial charge in [-0.15, -0.1) is 0 Å². The smallest absolute Gasteiger partial charge is 0.465 e. The number of hydrogen-bond acceptors (Lipinski definition) is 4. The number of benzene rings is 2. The molecule has 0 radical (unpaired) electrons. The zero-order chi connectivity index (χ0) is 16.0. The highest BCUT2D eigenvalue weighted by Crippen LogP contribution is 2.53. The molecule has 5 heteroatoms. The Hall–Kier alpha value is -1.66. The largest absolute Gasteiger partial charge is 0.528 e. The van der Waals surface area contributed by atoms with Crippen molar-refractivity contribution in [3.8, 4) is 0 Å². The molecule has 2 aromatic carbocycles. The molecule has 5 rings (SSSR count). The second kappa shape index (κ2) is 5.43. The number of fused-ring (bicyclic) bond motifs is 2. The van der Waals surface area contributed by atoms with Crippen LogP contribution in [0.5, 0.6) is 0 Å². The molecule has 0 aliphatic carbocycles. The van der Waals surface area contributed by atoms with E-state index in [9.17, 15) is 0 Å². The first-order chi connectivity index (χ1) is 11.9. The van der Waals surface area contributed by atoms with Gasteiger partial charge in [0.05, 0.1) is 5.60 Å². The van der Waals surface area contributed by atoms with E-state index >= 15 is 0 Å². The maximum Gasteiger partial charge on any atom is 0.465 e. The maximum absolute atomic E-state index is 6.78. The zero-order valence-corrected chi connectivity index (χ0v) is 13.6. The molecule has 0 aromatic heterocycles. The topological polar surface area (TPSA) is 30.9 Å². The van der Waals surface area contributed by atoms with E-state index < -0.39 is 12.5 Å². The Morgan fingerprint density at radius 3 is 2.04 bits per heavy atom. The molecule has 1 spiro atoms. The lowest BCUT2D eigenvalue weighted by Gasteiger charge is -2.40. The highest BCUT2D eigenvalue weighted by molar-refractivity contribution is 6.59. The van der Waals surface area contributed by atoms with E-state index in [0.717, 1.165) is 19.4 Å². The predicted molar refractivity (Wildman–Crippen MR) is 92.1 cm³/mol. The summed E-state index contributed by atoms with van der Waals surface area (Å²) in [7, 11) is 0. The molecule has 3 aliphatic rings. The fourth-order valence-electron chi connectivity index (χ4n) is 4.75. The fraction of sp³-hybridized carbons (Fsp3) is 0.368. The van der Waals surface area contributed by atoms with Crippen LogP contribution in [0.4, 0.5) is 0 Å². The lowest BCUT2D eigenvalue weighted by molar-refractivity contribution is 0.0506. The van der Waals surface area contributed by atoms with E-state index in [1.165, 1.54) is 11.1 Å². The Kier molecular flexibility index (Phi) is 3.32. The molecule has 3 heterocycles. The summed E-state index contributed by atoms with van der Waals surface area (Å²) in [6.07, 6.45) is 2.23. The van der Waals surface area contributed by atoms with Gasteiger partial charge in [0.25, 0.3) is 0 Å². The van der Waals surface area contributed by atoms with Gasteiger partial charge in [0.1, 0.15) is 0 Å². The SMILES string of the molecule is c1ccc(C2(c3ccccc3)O[B-]3(OCCO3)N3CCC[C@H]32)cc1. The molecule has 4 nitrogen and oxygen atoms in total. The maximum atomic E-state index is 6.78. The van der Waals surface area contributed by atoms with Gasteiger partial charge in [-0.1, -0.05) is 60.7 Å². The first kappa shape index (κ1) is 14.7. The van der Waals surface area contributed by atoms with Gasteiger partial charge in [-0.05, 0) is 30.5 Å². The third-order valence-electron chi connectivity index (χ3n) is 5.65. The van der Waals surface area contributed by atoms with Gasteiger partial charge in [-0.2, -0.15) is 0 Å². The van der Waals surface area contributed by atoms with Crippen LogP contribution in [0.1, 0.15) is 24.0 Å². The summed E-state index contributed by atoms with van der Waals surface area (Å²) in [6.45, 7) is 0.350. The van der Waals surface area contributed by atoms with Crippen molar-refractivity contribution in [3.05, 3.63) is 71.8 Å². The van der Waals surface area contributed by atoms with E-state index in [1.807, 2.05) is 12.1 Å². The van der Waals surface area contributed by atoms with E-state index in [4.69, 9.17) is 14.0 Å². The molecule has 3 fully saturated rings. The van der Waals surface area contributed by atoms with Crippen molar-refractivity contribution in [1.82, 2.24) is 4.81 Å². The third kappa shape index (κ3) is 1.90. The number of nitrogens with zero attached hydrogens (tertiary/aromatic N) is 1. The summed E-state index contributed by atoms with van der Waals surface area (Å²) in [5, 5.41) is 0. The van der Waals surface area contributed by atoms with Crippen molar-refractivity contribution in [2.45, 2.75) is 24.5 Å². The third-order valence-corrected chi connectivity index (χ3v) is 5.65. The van der Waals surface area contributed by atoms with Crippen molar-refractivity contribution in [2.75, 3.05) is 19.8 Å². The Bertz CT molecular complexity index is 678. The zero-order valence-electron chi connectivity index (χ0n) is 13.6. The Labute approximate surface area is 142 Å². The van der Waals surface area contributed by atoms with Crippen molar-refractivity contribution in [2.24, 2.45) is 0 Å². The molecule has 0 N–H and O–H groups in total. The van der Waals surface area contributed by atoms with Crippen LogP contribution in [0.3, 0.4) is 0 Å². The van der Waals surface area contributed by atoms with E-state index in [2.05, 4.69) is 53.3 Å². The minimum atomic E-state index is -1.81. The van der Waals surface area contributed by atoms with Gasteiger partial charge in [0.2, 0.25) is 0 Å². The van der Waals surface area contributed by atoms with Crippen LogP contribution >= 0.6 is 0 Å². The summed E-state index contributed by atoms with van der Waals surface area (Å²) in [5.41, 5.74) is 1.81.